The van der Waals surface area contributed by atoms with E-state index in [2.05, 4.69) is 15.3 Å². The van der Waals surface area contributed by atoms with Crippen molar-refractivity contribution >= 4 is 28.4 Å². The third-order valence-electron chi connectivity index (χ3n) is 4.51. The lowest BCUT2D eigenvalue weighted by Gasteiger charge is -2.24. The lowest BCUT2D eigenvalue weighted by atomic mass is 10.2. The van der Waals surface area contributed by atoms with Crippen molar-refractivity contribution in [1.29, 1.82) is 0 Å². The second-order valence-corrected chi connectivity index (χ2v) is 7.60. The van der Waals surface area contributed by atoms with Crippen molar-refractivity contribution in [3.05, 3.63) is 45.7 Å². The molecule has 6 nitrogen and oxygen atoms in total. The van der Waals surface area contributed by atoms with E-state index >= 15 is 0 Å². The van der Waals surface area contributed by atoms with Crippen LogP contribution in [0, 0.1) is 13.8 Å². The number of nitrogens with one attached hydrogen (secondary N) is 1. The van der Waals surface area contributed by atoms with Gasteiger partial charge < -0.3 is 14.8 Å². The Kier molecular flexibility index (Phi) is 4.76. The highest BCUT2D eigenvalue weighted by molar-refractivity contribution is 7.11. The fourth-order valence-electron chi connectivity index (χ4n) is 2.92. The maximum Gasteiger partial charge on any atom is 0.318 e. The summed E-state index contributed by atoms with van der Waals surface area (Å²) in [4.78, 5) is 24.5. The summed E-state index contributed by atoms with van der Waals surface area (Å²) < 4.78 is 2.01. The average molecular weight is 357 g/mol. The van der Waals surface area contributed by atoms with Crippen LogP contribution in [-0.4, -0.2) is 32.5 Å². The van der Waals surface area contributed by atoms with E-state index in [1.807, 2.05) is 56.7 Å². The van der Waals surface area contributed by atoms with Gasteiger partial charge in [-0.2, -0.15) is 0 Å². The van der Waals surface area contributed by atoms with Crippen molar-refractivity contribution in [2.24, 2.45) is 7.05 Å². The van der Waals surface area contributed by atoms with Gasteiger partial charge in [0.15, 0.2) is 0 Å². The number of hydrogen-bond donors (Lipinski definition) is 1. The van der Waals surface area contributed by atoms with Crippen molar-refractivity contribution < 1.29 is 4.79 Å². The first-order valence-corrected chi connectivity index (χ1v) is 9.05. The molecule has 3 rings (SSSR count). The summed E-state index contributed by atoms with van der Waals surface area (Å²) in [5.74, 6) is 0.830. The van der Waals surface area contributed by atoms with Crippen LogP contribution in [0.5, 0.6) is 0 Å². The Labute approximate surface area is 151 Å². The van der Waals surface area contributed by atoms with Crippen LogP contribution in [0.3, 0.4) is 0 Å². The number of aromatic nitrogens is 3. The number of aryl methyl sites for hydroxylation is 3. The summed E-state index contributed by atoms with van der Waals surface area (Å²) in [5.41, 5.74) is 2.95. The van der Waals surface area contributed by atoms with Gasteiger partial charge in [-0.25, -0.2) is 14.8 Å². The first-order chi connectivity index (χ1) is 11.9. The predicted molar refractivity (Wildman–Crippen MR) is 101 cm³/mol. The molecule has 1 aromatic carbocycles. The molecule has 2 aromatic heterocycles. The molecule has 132 valence electrons. The number of rotatable bonds is 4. The highest BCUT2D eigenvalue weighted by Crippen LogP contribution is 2.26. The van der Waals surface area contributed by atoms with Crippen LogP contribution in [0.1, 0.15) is 34.4 Å². The maximum atomic E-state index is 12.5. The molecule has 0 saturated carbocycles. The molecule has 1 N–H and O–H groups in total. The number of amides is 2. The second kappa shape index (κ2) is 6.84. The van der Waals surface area contributed by atoms with Crippen LogP contribution in [0.15, 0.2) is 24.3 Å². The van der Waals surface area contributed by atoms with Gasteiger partial charge in [-0.1, -0.05) is 12.1 Å². The van der Waals surface area contributed by atoms with Gasteiger partial charge in [0.05, 0.1) is 34.3 Å². The number of benzene rings is 1. The van der Waals surface area contributed by atoms with E-state index in [1.165, 1.54) is 0 Å². The van der Waals surface area contributed by atoms with Crippen molar-refractivity contribution in [2.75, 3.05) is 7.05 Å². The molecule has 2 amide bonds. The Morgan fingerprint density at radius 3 is 2.68 bits per heavy atom. The number of para-hydroxylation sites is 2. The predicted octanol–water partition coefficient (Wildman–Crippen LogP) is 3.55. The molecule has 1 unspecified atom stereocenters. The normalized spacial score (nSPS) is 12.4. The third kappa shape index (κ3) is 3.37. The zero-order valence-corrected chi connectivity index (χ0v) is 16.0. The van der Waals surface area contributed by atoms with E-state index in [-0.39, 0.29) is 12.1 Å². The minimum Gasteiger partial charge on any atom is -0.331 e. The largest absolute Gasteiger partial charge is 0.331 e. The molecule has 2 heterocycles. The Balaban J connectivity index is 1.69. The standard InChI is InChI=1S/C18H23N5OS/c1-11(17-12(2)25-13(3)20-17)22(4)18(24)19-10-16-21-14-8-6-7-9-15(14)23(16)5/h6-9,11H,10H2,1-5H3,(H,19,24). The maximum absolute atomic E-state index is 12.5. The molecule has 0 saturated heterocycles. The summed E-state index contributed by atoms with van der Waals surface area (Å²) >= 11 is 1.66. The number of thiazole rings is 1. The van der Waals surface area contributed by atoms with Gasteiger partial charge in [-0.3, -0.25) is 0 Å². The average Bonchev–Trinajstić information content (AvgIpc) is 3.10. The monoisotopic (exact) mass is 357 g/mol. The van der Waals surface area contributed by atoms with E-state index in [0.717, 1.165) is 32.4 Å². The molecule has 0 fully saturated rings. The Morgan fingerprint density at radius 2 is 2.04 bits per heavy atom. The first-order valence-electron chi connectivity index (χ1n) is 8.23. The molecule has 7 heteroatoms. The van der Waals surface area contributed by atoms with Crippen LogP contribution >= 0.6 is 11.3 Å². The summed E-state index contributed by atoms with van der Waals surface area (Å²) in [7, 11) is 3.76. The zero-order valence-electron chi connectivity index (χ0n) is 15.2. The van der Waals surface area contributed by atoms with Gasteiger partial charge in [0.1, 0.15) is 5.82 Å². The number of fused-ring (bicyclic) bond motifs is 1. The van der Waals surface area contributed by atoms with E-state index in [1.54, 1.807) is 23.3 Å². The molecule has 0 aliphatic carbocycles. The van der Waals surface area contributed by atoms with Gasteiger partial charge in [0, 0.05) is 19.0 Å². The number of carbonyl (C=O) groups is 1. The molecule has 0 spiro atoms. The molecule has 0 bridgehead atoms. The van der Waals surface area contributed by atoms with Crippen LogP contribution in [0.4, 0.5) is 4.79 Å². The minimum absolute atomic E-state index is 0.0783. The number of hydrogen-bond acceptors (Lipinski definition) is 4. The Morgan fingerprint density at radius 1 is 1.32 bits per heavy atom. The van der Waals surface area contributed by atoms with Crippen molar-refractivity contribution in [3.63, 3.8) is 0 Å². The van der Waals surface area contributed by atoms with Crippen LogP contribution in [-0.2, 0) is 13.6 Å². The summed E-state index contributed by atoms with van der Waals surface area (Å²) in [6.45, 7) is 6.41. The van der Waals surface area contributed by atoms with E-state index in [9.17, 15) is 4.79 Å². The van der Waals surface area contributed by atoms with Gasteiger partial charge in [0.2, 0.25) is 0 Å². The fourth-order valence-corrected chi connectivity index (χ4v) is 3.83. The lowest BCUT2D eigenvalue weighted by molar-refractivity contribution is 0.192. The number of urea groups is 1. The van der Waals surface area contributed by atoms with E-state index in [4.69, 9.17) is 0 Å². The Hall–Kier alpha value is -2.41. The van der Waals surface area contributed by atoms with Gasteiger partial charge >= 0.3 is 6.03 Å². The highest BCUT2D eigenvalue weighted by atomic mass is 32.1. The molecule has 25 heavy (non-hydrogen) atoms. The molecule has 0 aliphatic heterocycles. The lowest BCUT2D eigenvalue weighted by Crippen LogP contribution is -2.39. The molecule has 3 aromatic rings. The fraction of sp³-hybridized carbons (Fsp3) is 0.389. The van der Waals surface area contributed by atoms with Crippen molar-refractivity contribution in [3.8, 4) is 0 Å². The minimum atomic E-state index is -0.135. The van der Waals surface area contributed by atoms with Gasteiger partial charge in [0.25, 0.3) is 0 Å². The first kappa shape index (κ1) is 17.4. The van der Waals surface area contributed by atoms with Crippen LogP contribution in [0.2, 0.25) is 0 Å². The van der Waals surface area contributed by atoms with E-state index in [0.29, 0.717) is 6.54 Å². The third-order valence-corrected chi connectivity index (χ3v) is 5.42. The Bertz CT molecular complexity index is 913. The SMILES string of the molecule is Cc1nc(C(C)N(C)C(=O)NCc2nc3ccccc3n2C)c(C)s1. The second-order valence-electron chi connectivity index (χ2n) is 6.20. The highest BCUT2D eigenvalue weighted by Gasteiger charge is 2.22. The molecule has 0 radical (unpaired) electrons. The number of imidazole rings is 1. The quantitative estimate of drug-likeness (QED) is 0.777. The number of carbonyl (C=O) groups excluding carboxylic acids is 1. The molecule has 1 atom stereocenters. The van der Waals surface area contributed by atoms with E-state index < -0.39 is 0 Å². The van der Waals surface area contributed by atoms with Crippen molar-refractivity contribution in [1.82, 2.24) is 24.8 Å². The summed E-state index contributed by atoms with van der Waals surface area (Å²) in [6.07, 6.45) is 0. The van der Waals surface area contributed by atoms with Gasteiger partial charge in [-0.15, -0.1) is 11.3 Å². The van der Waals surface area contributed by atoms with Crippen molar-refractivity contribution in [2.45, 2.75) is 33.4 Å². The van der Waals surface area contributed by atoms with Crippen LogP contribution < -0.4 is 5.32 Å². The topological polar surface area (TPSA) is 63.1 Å². The zero-order chi connectivity index (χ0) is 18.1. The smallest absolute Gasteiger partial charge is 0.318 e. The van der Waals surface area contributed by atoms with Crippen LogP contribution in [0.25, 0.3) is 11.0 Å². The number of nitrogens with zero attached hydrogens (tertiary/aromatic N) is 4. The molecular weight excluding hydrogens is 334 g/mol. The summed E-state index contributed by atoms with van der Waals surface area (Å²) in [6, 6.07) is 7.73. The molecular formula is C18H23N5OS. The summed E-state index contributed by atoms with van der Waals surface area (Å²) in [5, 5.41) is 3.98. The molecule has 0 aliphatic rings. The van der Waals surface area contributed by atoms with Gasteiger partial charge in [-0.05, 0) is 32.9 Å².